The van der Waals surface area contributed by atoms with Crippen LogP contribution in [0, 0.1) is 0 Å². The first-order valence-corrected chi connectivity index (χ1v) is 8.84. The van der Waals surface area contributed by atoms with Crippen molar-refractivity contribution in [3.8, 4) is 0 Å². The number of carbonyl (C=O) groups excluding carboxylic acids is 1. The fourth-order valence-electron chi connectivity index (χ4n) is 1.87. The van der Waals surface area contributed by atoms with Crippen LogP contribution in [0.1, 0.15) is 31.9 Å². The molecule has 0 saturated heterocycles. The van der Waals surface area contributed by atoms with Gasteiger partial charge < -0.3 is 14.2 Å². The Morgan fingerprint density at radius 3 is 2.38 bits per heavy atom. The molecule has 1 aromatic carbocycles. The van der Waals surface area contributed by atoms with Crippen molar-refractivity contribution in [2.45, 2.75) is 26.4 Å². The molecule has 0 aliphatic rings. The second-order valence-electron chi connectivity index (χ2n) is 4.38. The standard InChI is InChI=1S/C14H20ClO5P/c1-3-19-21(18,20-4-2)10-11(16)9-14(17)12-7-5-6-8-13(12)15/h5-8,14,17H,3-4,9-10H2,1-2H3/t14-/m1/s1. The van der Waals surface area contributed by atoms with Gasteiger partial charge in [-0.1, -0.05) is 29.8 Å². The minimum Gasteiger partial charge on any atom is -0.388 e. The Morgan fingerprint density at radius 1 is 1.29 bits per heavy atom. The topological polar surface area (TPSA) is 72.8 Å². The van der Waals surface area contributed by atoms with Crippen LogP contribution in [0.3, 0.4) is 0 Å². The molecule has 21 heavy (non-hydrogen) atoms. The Hall–Kier alpha value is -0.710. The van der Waals surface area contributed by atoms with E-state index in [1.165, 1.54) is 0 Å². The van der Waals surface area contributed by atoms with Crippen LogP contribution in [0.5, 0.6) is 0 Å². The van der Waals surface area contributed by atoms with Gasteiger partial charge in [0, 0.05) is 11.4 Å². The van der Waals surface area contributed by atoms with Crippen molar-refractivity contribution in [3.05, 3.63) is 34.9 Å². The molecule has 7 heteroatoms. The lowest BCUT2D eigenvalue weighted by Crippen LogP contribution is -2.13. The maximum Gasteiger partial charge on any atom is 0.338 e. The predicted molar refractivity (Wildman–Crippen MR) is 81.8 cm³/mol. The summed E-state index contributed by atoms with van der Waals surface area (Å²) in [7, 11) is -3.43. The summed E-state index contributed by atoms with van der Waals surface area (Å²) in [5.74, 6) is -0.396. The summed E-state index contributed by atoms with van der Waals surface area (Å²) in [6.45, 7) is 3.73. The molecule has 1 atom stereocenters. The Kier molecular flexibility index (Phi) is 7.57. The van der Waals surface area contributed by atoms with Gasteiger partial charge in [0.05, 0.1) is 19.3 Å². The molecule has 1 N–H and O–H groups in total. The molecule has 0 spiro atoms. The van der Waals surface area contributed by atoms with Crippen LogP contribution in [0.4, 0.5) is 0 Å². The number of carbonyl (C=O) groups is 1. The molecule has 0 unspecified atom stereocenters. The zero-order valence-electron chi connectivity index (χ0n) is 12.1. The van der Waals surface area contributed by atoms with Crippen molar-refractivity contribution in [1.82, 2.24) is 0 Å². The van der Waals surface area contributed by atoms with Crippen molar-refractivity contribution < 1.29 is 23.5 Å². The van der Waals surface area contributed by atoms with Gasteiger partial charge in [0.2, 0.25) is 0 Å². The third kappa shape index (κ3) is 5.89. The predicted octanol–water partition coefficient (Wildman–Crippen LogP) is 3.60. The molecule has 0 saturated carbocycles. The zero-order chi connectivity index (χ0) is 15.9. The summed E-state index contributed by atoms with van der Waals surface area (Å²) < 4.78 is 22.3. The molecule has 0 radical (unpaired) electrons. The number of hydrogen-bond acceptors (Lipinski definition) is 5. The second-order valence-corrected chi connectivity index (χ2v) is 6.85. The van der Waals surface area contributed by atoms with Crippen molar-refractivity contribution >= 4 is 25.0 Å². The van der Waals surface area contributed by atoms with Crippen molar-refractivity contribution in [3.63, 3.8) is 0 Å². The van der Waals surface area contributed by atoms with E-state index in [1.54, 1.807) is 38.1 Å². The average Bonchev–Trinajstić information content (AvgIpc) is 2.38. The molecule has 0 aromatic heterocycles. The van der Waals surface area contributed by atoms with Gasteiger partial charge in [0.1, 0.15) is 11.9 Å². The molecule has 0 bridgehead atoms. The minimum absolute atomic E-state index is 0.187. The van der Waals surface area contributed by atoms with E-state index in [9.17, 15) is 14.5 Å². The highest BCUT2D eigenvalue weighted by molar-refractivity contribution is 7.54. The second kappa shape index (κ2) is 8.66. The van der Waals surface area contributed by atoms with Crippen LogP contribution in [0.2, 0.25) is 5.02 Å². The van der Waals surface area contributed by atoms with Gasteiger partial charge in [-0.25, -0.2) is 0 Å². The lowest BCUT2D eigenvalue weighted by atomic mass is 10.1. The molecular weight excluding hydrogens is 315 g/mol. The van der Waals surface area contributed by atoms with Crippen LogP contribution < -0.4 is 0 Å². The van der Waals surface area contributed by atoms with Crippen LogP contribution in [-0.2, 0) is 18.4 Å². The van der Waals surface area contributed by atoms with Gasteiger partial charge in [-0.15, -0.1) is 0 Å². The molecule has 0 amide bonds. The van der Waals surface area contributed by atoms with E-state index in [2.05, 4.69) is 0 Å². The maximum atomic E-state index is 12.2. The first kappa shape index (κ1) is 18.3. The first-order chi connectivity index (χ1) is 9.91. The minimum atomic E-state index is -3.43. The Bertz CT molecular complexity index is 510. The molecule has 1 aromatic rings. The van der Waals surface area contributed by atoms with E-state index in [-0.39, 0.29) is 25.8 Å². The van der Waals surface area contributed by atoms with Crippen LogP contribution in [0.25, 0.3) is 0 Å². The fourth-order valence-corrected chi connectivity index (χ4v) is 3.74. The summed E-state index contributed by atoms with van der Waals surface area (Å²) in [4.78, 5) is 12.0. The molecule has 0 heterocycles. The number of benzene rings is 1. The van der Waals surface area contributed by atoms with Crippen LogP contribution in [0.15, 0.2) is 24.3 Å². The van der Waals surface area contributed by atoms with Gasteiger partial charge in [0.25, 0.3) is 0 Å². The number of aliphatic hydroxyl groups is 1. The molecule has 0 aliphatic heterocycles. The number of hydrogen-bond donors (Lipinski definition) is 1. The lowest BCUT2D eigenvalue weighted by molar-refractivity contribution is -0.118. The van der Waals surface area contributed by atoms with Crippen molar-refractivity contribution in [2.24, 2.45) is 0 Å². The highest BCUT2D eigenvalue weighted by Crippen LogP contribution is 2.48. The number of rotatable bonds is 9. The first-order valence-electron chi connectivity index (χ1n) is 6.74. The molecule has 118 valence electrons. The Balaban J connectivity index is 2.68. The highest BCUT2D eigenvalue weighted by Gasteiger charge is 2.28. The third-order valence-corrected chi connectivity index (χ3v) is 5.09. The number of Topliss-reactive ketones (excluding diaryl/α,β-unsaturated/α-hetero) is 1. The van der Waals surface area contributed by atoms with Gasteiger partial charge in [0.15, 0.2) is 0 Å². The van der Waals surface area contributed by atoms with Gasteiger partial charge in [-0.05, 0) is 25.5 Å². The summed E-state index contributed by atoms with van der Waals surface area (Å²) in [5.41, 5.74) is 0.468. The average molecular weight is 335 g/mol. The molecule has 0 fully saturated rings. The quantitative estimate of drug-likeness (QED) is 0.698. The van der Waals surface area contributed by atoms with Crippen LogP contribution >= 0.6 is 19.2 Å². The Morgan fingerprint density at radius 2 is 1.86 bits per heavy atom. The van der Waals surface area contributed by atoms with Crippen LogP contribution in [-0.4, -0.2) is 30.3 Å². The van der Waals surface area contributed by atoms with E-state index in [1.807, 2.05) is 0 Å². The monoisotopic (exact) mass is 334 g/mol. The maximum absolute atomic E-state index is 12.2. The summed E-state index contributed by atoms with van der Waals surface area (Å²) in [6, 6.07) is 6.74. The van der Waals surface area contributed by atoms with Gasteiger partial charge >= 0.3 is 7.60 Å². The number of ketones is 1. The van der Waals surface area contributed by atoms with E-state index < -0.39 is 19.5 Å². The summed E-state index contributed by atoms with van der Waals surface area (Å²) in [5, 5.41) is 10.4. The molecule has 1 rings (SSSR count). The van der Waals surface area contributed by atoms with E-state index >= 15 is 0 Å². The fraction of sp³-hybridized carbons (Fsp3) is 0.500. The summed E-state index contributed by atoms with van der Waals surface area (Å²) in [6.07, 6.45) is -1.58. The smallest absolute Gasteiger partial charge is 0.338 e. The van der Waals surface area contributed by atoms with Crippen molar-refractivity contribution in [1.29, 1.82) is 0 Å². The third-order valence-electron chi connectivity index (χ3n) is 2.71. The molecule has 0 aliphatic carbocycles. The zero-order valence-corrected chi connectivity index (χ0v) is 13.8. The number of aliphatic hydroxyl groups excluding tert-OH is 1. The van der Waals surface area contributed by atoms with Gasteiger partial charge in [-0.2, -0.15) is 0 Å². The van der Waals surface area contributed by atoms with Gasteiger partial charge in [-0.3, -0.25) is 9.36 Å². The molecular formula is C14H20ClO5P. The molecule has 5 nitrogen and oxygen atoms in total. The van der Waals surface area contributed by atoms with E-state index in [4.69, 9.17) is 20.6 Å². The largest absolute Gasteiger partial charge is 0.388 e. The van der Waals surface area contributed by atoms with E-state index in [0.717, 1.165) is 0 Å². The highest BCUT2D eigenvalue weighted by atomic mass is 35.5. The van der Waals surface area contributed by atoms with E-state index in [0.29, 0.717) is 10.6 Å². The lowest BCUT2D eigenvalue weighted by Gasteiger charge is -2.17. The summed E-state index contributed by atoms with van der Waals surface area (Å²) >= 11 is 5.96. The SMILES string of the molecule is CCOP(=O)(CC(=O)C[C@@H](O)c1ccccc1Cl)OCC. The number of halogens is 1. The van der Waals surface area contributed by atoms with Crippen molar-refractivity contribution in [2.75, 3.05) is 19.4 Å². The normalized spacial score (nSPS) is 13.1. The Labute approximate surface area is 129 Å².